The van der Waals surface area contributed by atoms with E-state index in [2.05, 4.69) is 41.9 Å². The molecule has 7 nitrogen and oxygen atoms in total. The average molecular weight is 489 g/mol. The molecule has 2 aliphatic heterocycles. The first-order valence-corrected chi connectivity index (χ1v) is 11.5. The molecule has 0 bridgehead atoms. The molecule has 0 spiro atoms. The van der Waals surface area contributed by atoms with Crippen LogP contribution < -0.4 is 10.5 Å². The quantitative estimate of drug-likeness (QED) is 0.696. The van der Waals surface area contributed by atoms with Gasteiger partial charge in [0.05, 0.1) is 23.0 Å². The molecule has 1 aromatic heterocycles. The van der Waals surface area contributed by atoms with E-state index in [9.17, 15) is 9.59 Å². The molecule has 0 radical (unpaired) electrons. The summed E-state index contributed by atoms with van der Waals surface area (Å²) in [6.07, 6.45) is 2.87. The average Bonchev–Trinajstić information content (AvgIpc) is 3.28. The van der Waals surface area contributed by atoms with Crippen LogP contribution in [0.3, 0.4) is 0 Å². The second-order valence-corrected chi connectivity index (χ2v) is 9.93. The number of rotatable bonds is 5. The molecule has 166 valence electrons. The highest BCUT2D eigenvalue weighted by Crippen LogP contribution is 2.40. The second kappa shape index (κ2) is 7.97. The number of fused-ring (bicyclic) bond motifs is 3. The molecule has 1 aromatic carbocycles. The van der Waals surface area contributed by atoms with Gasteiger partial charge >= 0.3 is 0 Å². The van der Waals surface area contributed by atoms with Gasteiger partial charge in [0, 0.05) is 18.7 Å². The van der Waals surface area contributed by atoms with Gasteiger partial charge in [0.25, 0.3) is 5.91 Å². The molecule has 4 rings (SSSR count). The number of amides is 2. The molecular weight excluding hydrogens is 460 g/mol. The van der Waals surface area contributed by atoms with E-state index in [0.717, 1.165) is 46.4 Å². The van der Waals surface area contributed by atoms with Gasteiger partial charge in [-0.25, -0.2) is 4.98 Å². The van der Waals surface area contributed by atoms with Gasteiger partial charge in [-0.1, -0.05) is 13.8 Å². The number of hydrogen-bond acceptors (Lipinski definition) is 4. The first kappa shape index (κ1) is 21.9. The molecule has 1 saturated heterocycles. The number of nitrogens with two attached hydrogens (primary N) is 1. The van der Waals surface area contributed by atoms with Gasteiger partial charge in [-0.05, 0) is 72.2 Å². The van der Waals surface area contributed by atoms with E-state index in [1.54, 1.807) is 18.9 Å². The Morgan fingerprint density at radius 2 is 2.06 bits per heavy atom. The number of nitrogens with zero attached hydrogens (tertiary/aromatic N) is 3. The number of ether oxygens (including phenoxy) is 1. The van der Waals surface area contributed by atoms with Crippen LogP contribution in [-0.4, -0.2) is 45.5 Å². The fraction of sp³-hybridized carbons (Fsp3) is 0.522. The van der Waals surface area contributed by atoms with Crippen molar-refractivity contribution in [3.63, 3.8) is 0 Å². The minimum Gasteiger partial charge on any atom is -0.496 e. The Balaban J connectivity index is 1.85. The Bertz CT molecular complexity index is 1060. The summed E-state index contributed by atoms with van der Waals surface area (Å²) in [6, 6.07) is 4.11. The topological polar surface area (TPSA) is 90.5 Å². The predicted molar refractivity (Wildman–Crippen MR) is 122 cm³/mol. The normalized spacial score (nSPS) is 20.0. The SMILES string of the molecule is COc1cc2c(cc1Br)-c1c(CC(C)C)nc(C(=O)N3CCC[C@]3(C)C(N)=O)n1CC2. The van der Waals surface area contributed by atoms with Crippen molar-refractivity contribution in [3.8, 4) is 17.0 Å². The highest BCUT2D eigenvalue weighted by Gasteiger charge is 2.46. The summed E-state index contributed by atoms with van der Waals surface area (Å²) in [7, 11) is 1.66. The van der Waals surface area contributed by atoms with Crippen molar-refractivity contribution in [2.75, 3.05) is 13.7 Å². The van der Waals surface area contributed by atoms with E-state index in [1.807, 2.05) is 4.57 Å². The number of primary amides is 1. The van der Waals surface area contributed by atoms with E-state index in [1.165, 1.54) is 5.56 Å². The molecule has 1 atom stereocenters. The summed E-state index contributed by atoms with van der Waals surface area (Å²) in [5.41, 5.74) is 8.86. The predicted octanol–water partition coefficient (Wildman–Crippen LogP) is 3.56. The number of aryl methyl sites for hydroxylation is 1. The standard InChI is InChI=1S/C23H29BrN4O3/c1-13(2)10-17-19-15-12-16(24)18(31-4)11-14(15)6-9-27(19)20(26-17)21(29)28-8-5-7-23(28,3)22(25)30/h11-13H,5-10H2,1-4H3,(H2,25,30)/t23-/m1/s1. The Labute approximate surface area is 191 Å². The van der Waals surface area contributed by atoms with Gasteiger partial charge in [0.15, 0.2) is 5.82 Å². The number of halogens is 1. The van der Waals surface area contributed by atoms with Crippen molar-refractivity contribution >= 4 is 27.7 Å². The zero-order chi connectivity index (χ0) is 22.5. The molecule has 1 fully saturated rings. The van der Waals surface area contributed by atoms with E-state index in [4.69, 9.17) is 15.5 Å². The van der Waals surface area contributed by atoms with Gasteiger partial charge in [0.2, 0.25) is 5.91 Å². The van der Waals surface area contributed by atoms with Gasteiger partial charge in [-0.2, -0.15) is 0 Å². The number of carbonyl (C=O) groups excluding carboxylic acids is 2. The third kappa shape index (κ3) is 3.54. The van der Waals surface area contributed by atoms with E-state index < -0.39 is 11.4 Å². The van der Waals surface area contributed by atoms with Gasteiger partial charge in [0.1, 0.15) is 11.3 Å². The summed E-state index contributed by atoms with van der Waals surface area (Å²) in [4.78, 5) is 32.2. The molecule has 2 amide bonds. The number of imidazole rings is 1. The van der Waals surface area contributed by atoms with Gasteiger partial charge in [-0.3, -0.25) is 9.59 Å². The third-order valence-electron chi connectivity index (χ3n) is 6.49. The van der Waals surface area contributed by atoms with E-state index >= 15 is 0 Å². The van der Waals surface area contributed by atoms with Crippen molar-refractivity contribution in [1.82, 2.24) is 14.5 Å². The van der Waals surface area contributed by atoms with Crippen molar-refractivity contribution in [1.29, 1.82) is 0 Å². The van der Waals surface area contributed by atoms with Crippen LogP contribution >= 0.6 is 15.9 Å². The van der Waals surface area contributed by atoms with Crippen LogP contribution in [0.5, 0.6) is 5.75 Å². The number of aromatic nitrogens is 2. The van der Waals surface area contributed by atoms with Crippen LogP contribution in [0.25, 0.3) is 11.3 Å². The summed E-state index contributed by atoms with van der Waals surface area (Å²) in [5, 5.41) is 0. The fourth-order valence-electron chi connectivity index (χ4n) is 4.79. The van der Waals surface area contributed by atoms with Gasteiger partial charge < -0.3 is 19.9 Å². The monoisotopic (exact) mass is 488 g/mol. The Kier molecular flexibility index (Phi) is 5.62. The minimum absolute atomic E-state index is 0.217. The molecule has 2 N–H and O–H groups in total. The lowest BCUT2D eigenvalue weighted by atomic mass is 9.94. The Morgan fingerprint density at radius 3 is 2.71 bits per heavy atom. The number of likely N-dealkylation sites (tertiary alicyclic amines) is 1. The van der Waals surface area contributed by atoms with Crippen LogP contribution in [-0.2, 0) is 24.2 Å². The zero-order valence-corrected chi connectivity index (χ0v) is 20.1. The maximum absolute atomic E-state index is 13.6. The number of methoxy groups -OCH3 is 1. The Hall–Kier alpha value is -2.35. The van der Waals surface area contributed by atoms with Crippen LogP contribution in [0.2, 0.25) is 0 Å². The third-order valence-corrected chi connectivity index (χ3v) is 7.11. The van der Waals surface area contributed by atoms with Crippen molar-refractivity contribution in [2.45, 2.75) is 58.5 Å². The maximum Gasteiger partial charge on any atom is 0.290 e. The van der Waals surface area contributed by atoms with Crippen LogP contribution in [0, 0.1) is 5.92 Å². The summed E-state index contributed by atoms with van der Waals surface area (Å²) in [6.45, 7) is 7.21. The van der Waals surface area contributed by atoms with Crippen molar-refractivity contribution < 1.29 is 14.3 Å². The van der Waals surface area contributed by atoms with Gasteiger partial charge in [-0.15, -0.1) is 0 Å². The highest BCUT2D eigenvalue weighted by molar-refractivity contribution is 9.10. The minimum atomic E-state index is -0.968. The summed E-state index contributed by atoms with van der Waals surface area (Å²) >= 11 is 3.60. The second-order valence-electron chi connectivity index (χ2n) is 9.07. The maximum atomic E-state index is 13.6. The lowest BCUT2D eigenvalue weighted by Gasteiger charge is -2.32. The molecule has 2 aromatic rings. The van der Waals surface area contributed by atoms with Crippen molar-refractivity contribution in [3.05, 3.63) is 33.7 Å². The van der Waals surface area contributed by atoms with Crippen LogP contribution in [0.4, 0.5) is 0 Å². The molecule has 0 aliphatic carbocycles. The zero-order valence-electron chi connectivity index (χ0n) is 18.5. The molecule has 2 aliphatic rings. The van der Waals surface area contributed by atoms with Crippen LogP contribution in [0.15, 0.2) is 16.6 Å². The van der Waals surface area contributed by atoms with Crippen molar-refractivity contribution in [2.24, 2.45) is 11.7 Å². The van der Waals surface area contributed by atoms with Crippen LogP contribution in [0.1, 0.15) is 55.5 Å². The first-order valence-electron chi connectivity index (χ1n) is 10.8. The number of hydrogen-bond donors (Lipinski definition) is 1. The molecule has 3 heterocycles. The summed E-state index contributed by atoms with van der Waals surface area (Å²) < 4.78 is 8.37. The molecule has 31 heavy (non-hydrogen) atoms. The lowest BCUT2D eigenvalue weighted by Crippen LogP contribution is -2.54. The van der Waals surface area contributed by atoms with E-state index in [-0.39, 0.29) is 5.91 Å². The number of carbonyl (C=O) groups is 2. The fourth-order valence-corrected chi connectivity index (χ4v) is 5.30. The lowest BCUT2D eigenvalue weighted by molar-refractivity contribution is -0.126. The smallest absolute Gasteiger partial charge is 0.290 e. The molecule has 8 heteroatoms. The first-order chi connectivity index (χ1) is 14.7. The largest absolute Gasteiger partial charge is 0.496 e. The highest BCUT2D eigenvalue weighted by atomic mass is 79.9. The summed E-state index contributed by atoms with van der Waals surface area (Å²) in [5.74, 6) is 0.899. The Morgan fingerprint density at radius 1 is 1.32 bits per heavy atom. The number of benzene rings is 1. The molecular formula is C23H29BrN4O3. The molecule has 0 unspecified atom stereocenters. The van der Waals surface area contributed by atoms with E-state index in [0.29, 0.717) is 31.3 Å². The molecule has 0 saturated carbocycles.